The number of aliphatic hydroxyl groups excluding tert-OH is 1. The molecule has 0 aliphatic heterocycles. The van der Waals surface area contributed by atoms with Gasteiger partial charge in [-0.25, -0.2) is 0 Å². The lowest BCUT2D eigenvalue weighted by molar-refractivity contribution is -0.0568. The molecule has 1 aromatic rings. The molecule has 22 heavy (non-hydrogen) atoms. The first-order valence-corrected chi connectivity index (χ1v) is 9.07. The van der Waals surface area contributed by atoms with Gasteiger partial charge in [-0.15, -0.1) is 11.3 Å². The van der Waals surface area contributed by atoms with Crippen molar-refractivity contribution in [3.05, 3.63) is 21.9 Å². The zero-order valence-electron chi connectivity index (χ0n) is 15.1. The summed E-state index contributed by atoms with van der Waals surface area (Å²) in [5, 5.41) is 10.3. The zero-order valence-corrected chi connectivity index (χ0v) is 15.9. The van der Waals surface area contributed by atoms with Crippen LogP contribution in [-0.4, -0.2) is 41.4 Å². The minimum atomic E-state index is -0.438. The van der Waals surface area contributed by atoms with Gasteiger partial charge in [0.15, 0.2) is 0 Å². The van der Waals surface area contributed by atoms with Crippen LogP contribution in [0.5, 0.6) is 0 Å². The minimum absolute atomic E-state index is 0.200. The highest BCUT2D eigenvalue weighted by molar-refractivity contribution is 7.11. The van der Waals surface area contributed by atoms with Gasteiger partial charge in [-0.3, -0.25) is 4.90 Å². The molecule has 0 saturated carbocycles. The van der Waals surface area contributed by atoms with Gasteiger partial charge in [0.1, 0.15) is 0 Å². The first kappa shape index (κ1) is 19.6. The van der Waals surface area contributed by atoms with E-state index in [-0.39, 0.29) is 5.60 Å². The lowest BCUT2D eigenvalue weighted by atomic mass is 10.1. The molecule has 1 rings (SSSR count). The third kappa shape index (κ3) is 8.89. The van der Waals surface area contributed by atoms with Crippen molar-refractivity contribution in [2.24, 2.45) is 5.92 Å². The van der Waals surface area contributed by atoms with Gasteiger partial charge in [-0.05, 0) is 58.7 Å². The number of thiophene rings is 1. The fraction of sp³-hybridized carbons (Fsp3) is 0.778. The van der Waals surface area contributed by atoms with Crippen molar-refractivity contribution in [1.82, 2.24) is 4.90 Å². The maximum atomic E-state index is 10.3. The van der Waals surface area contributed by atoms with E-state index in [4.69, 9.17) is 4.74 Å². The Kier molecular flexibility index (Phi) is 8.04. The van der Waals surface area contributed by atoms with Crippen molar-refractivity contribution in [2.45, 2.75) is 66.2 Å². The summed E-state index contributed by atoms with van der Waals surface area (Å²) < 4.78 is 5.70. The molecule has 1 atom stereocenters. The molecular weight excluding hydrogens is 294 g/mol. The van der Waals surface area contributed by atoms with Crippen molar-refractivity contribution in [3.63, 3.8) is 0 Å². The van der Waals surface area contributed by atoms with Gasteiger partial charge in [0.05, 0.1) is 18.3 Å². The molecule has 0 unspecified atom stereocenters. The Bertz CT molecular complexity index is 423. The summed E-state index contributed by atoms with van der Waals surface area (Å²) in [7, 11) is 0. The summed E-state index contributed by atoms with van der Waals surface area (Å²) in [6.45, 7) is 15.7. The number of hydrogen-bond acceptors (Lipinski definition) is 4. The molecule has 0 aromatic carbocycles. The van der Waals surface area contributed by atoms with E-state index < -0.39 is 6.10 Å². The highest BCUT2D eigenvalue weighted by Crippen LogP contribution is 2.18. The molecule has 0 bridgehead atoms. The highest BCUT2D eigenvalue weighted by Gasteiger charge is 2.17. The largest absolute Gasteiger partial charge is 0.389 e. The molecule has 0 radical (unpaired) electrons. The number of rotatable bonds is 9. The second-order valence-electron chi connectivity index (χ2n) is 7.51. The maximum absolute atomic E-state index is 10.3. The summed E-state index contributed by atoms with van der Waals surface area (Å²) in [6, 6.07) is 4.36. The zero-order chi connectivity index (χ0) is 16.8. The molecule has 0 spiro atoms. The minimum Gasteiger partial charge on any atom is -0.389 e. The fourth-order valence-corrected chi connectivity index (χ4v) is 3.10. The second kappa shape index (κ2) is 9.02. The Morgan fingerprint density at radius 3 is 2.45 bits per heavy atom. The first-order valence-electron chi connectivity index (χ1n) is 8.25. The van der Waals surface area contributed by atoms with E-state index in [1.165, 1.54) is 9.75 Å². The SMILES string of the molecule is Cc1ccc(CN(CCC(C)C)C[C@@H](O)COC(C)(C)C)s1. The van der Waals surface area contributed by atoms with Gasteiger partial charge in [0.25, 0.3) is 0 Å². The first-order chi connectivity index (χ1) is 10.2. The third-order valence-corrected chi connectivity index (χ3v) is 4.36. The molecule has 3 nitrogen and oxygen atoms in total. The Hall–Kier alpha value is -0.420. The van der Waals surface area contributed by atoms with Crippen LogP contribution in [0, 0.1) is 12.8 Å². The van der Waals surface area contributed by atoms with Gasteiger partial charge < -0.3 is 9.84 Å². The van der Waals surface area contributed by atoms with Gasteiger partial charge in [0.2, 0.25) is 0 Å². The molecular formula is C18H33NO2S. The quantitative estimate of drug-likeness (QED) is 0.742. The Morgan fingerprint density at radius 1 is 1.27 bits per heavy atom. The average Bonchev–Trinajstić information content (AvgIpc) is 2.78. The van der Waals surface area contributed by atoms with Crippen LogP contribution in [0.1, 0.15) is 50.8 Å². The summed E-state index contributed by atoms with van der Waals surface area (Å²) in [5.74, 6) is 0.676. The Labute approximate surface area is 140 Å². The van der Waals surface area contributed by atoms with Crippen LogP contribution in [-0.2, 0) is 11.3 Å². The summed E-state index contributed by atoms with van der Waals surface area (Å²) >= 11 is 1.84. The summed E-state index contributed by atoms with van der Waals surface area (Å²) in [6.07, 6.45) is 0.712. The summed E-state index contributed by atoms with van der Waals surface area (Å²) in [5.41, 5.74) is -0.200. The van der Waals surface area contributed by atoms with Gasteiger partial charge in [-0.2, -0.15) is 0 Å². The van der Waals surface area contributed by atoms with Crippen LogP contribution in [0.3, 0.4) is 0 Å². The monoisotopic (exact) mass is 327 g/mol. The number of nitrogens with zero attached hydrogens (tertiary/aromatic N) is 1. The van der Waals surface area contributed by atoms with E-state index in [1.54, 1.807) is 0 Å². The van der Waals surface area contributed by atoms with E-state index in [0.29, 0.717) is 19.1 Å². The normalized spacial score (nSPS) is 14.0. The highest BCUT2D eigenvalue weighted by atomic mass is 32.1. The maximum Gasteiger partial charge on any atom is 0.0900 e. The molecule has 0 aliphatic rings. The standard InChI is InChI=1S/C18H33NO2S/c1-14(2)9-10-19(12-17-8-7-15(3)22-17)11-16(20)13-21-18(4,5)6/h7-8,14,16,20H,9-13H2,1-6H3/t16-/m1/s1. The van der Waals surface area contributed by atoms with Crippen LogP contribution in [0.2, 0.25) is 0 Å². The average molecular weight is 328 g/mol. The molecule has 1 N–H and O–H groups in total. The molecule has 1 aromatic heterocycles. The topological polar surface area (TPSA) is 32.7 Å². The number of aliphatic hydroxyl groups is 1. The van der Waals surface area contributed by atoms with Crippen LogP contribution >= 0.6 is 11.3 Å². The fourth-order valence-electron chi connectivity index (χ4n) is 2.16. The van der Waals surface area contributed by atoms with Crippen LogP contribution in [0.4, 0.5) is 0 Å². The van der Waals surface area contributed by atoms with E-state index in [2.05, 4.69) is 37.8 Å². The lowest BCUT2D eigenvalue weighted by Crippen LogP contribution is -2.37. The number of hydrogen-bond donors (Lipinski definition) is 1. The van der Waals surface area contributed by atoms with Gasteiger partial charge in [-0.1, -0.05) is 13.8 Å². The third-order valence-electron chi connectivity index (χ3n) is 3.38. The van der Waals surface area contributed by atoms with Crippen LogP contribution < -0.4 is 0 Å². The molecule has 0 fully saturated rings. The van der Waals surface area contributed by atoms with E-state index in [9.17, 15) is 5.11 Å². The van der Waals surface area contributed by atoms with Gasteiger partial charge in [0, 0.05) is 22.8 Å². The molecule has 0 saturated heterocycles. The van der Waals surface area contributed by atoms with Gasteiger partial charge >= 0.3 is 0 Å². The summed E-state index contributed by atoms with van der Waals surface area (Å²) in [4.78, 5) is 5.06. The second-order valence-corrected chi connectivity index (χ2v) is 8.88. The van der Waals surface area contributed by atoms with E-state index in [0.717, 1.165) is 19.5 Å². The van der Waals surface area contributed by atoms with Crippen molar-refractivity contribution >= 4 is 11.3 Å². The van der Waals surface area contributed by atoms with Crippen LogP contribution in [0.15, 0.2) is 12.1 Å². The molecule has 4 heteroatoms. The molecule has 0 aliphatic carbocycles. The van der Waals surface area contributed by atoms with Crippen molar-refractivity contribution in [1.29, 1.82) is 0 Å². The number of aryl methyl sites for hydroxylation is 1. The Balaban J connectivity index is 2.53. The van der Waals surface area contributed by atoms with Crippen molar-refractivity contribution < 1.29 is 9.84 Å². The smallest absolute Gasteiger partial charge is 0.0900 e. The predicted octanol–water partition coefficient (Wildman–Crippen LogP) is 4.08. The number of ether oxygens (including phenoxy) is 1. The molecule has 1 heterocycles. The molecule has 128 valence electrons. The Morgan fingerprint density at radius 2 is 1.95 bits per heavy atom. The molecule has 0 amide bonds. The van der Waals surface area contributed by atoms with Crippen molar-refractivity contribution in [3.8, 4) is 0 Å². The van der Waals surface area contributed by atoms with Crippen molar-refractivity contribution in [2.75, 3.05) is 19.7 Å². The lowest BCUT2D eigenvalue weighted by Gasteiger charge is -2.27. The predicted molar refractivity (Wildman–Crippen MR) is 95.5 cm³/mol. The van der Waals surface area contributed by atoms with E-state index >= 15 is 0 Å². The van der Waals surface area contributed by atoms with Crippen LogP contribution in [0.25, 0.3) is 0 Å². The van der Waals surface area contributed by atoms with E-state index in [1.807, 2.05) is 32.1 Å².